The highest BCUT2D eigenvalue weighted by Gasteiger charge is 2.15. The summed E-state index contributed by atoms with van der Waals surface area (Å²) in [5.41, 5.74) is 9.53. The molecule has 0 bridgehead atoms. The van der Waals surface area contributed by atoms with Crippen molar-refractivity contribution in [3.8, 4) is 0 Å². The van der Waals surface area contributed by atoms with E-state index in [0.717, 1.165) is 12.8 Å². The van der Waals surface area contributed by atoms with Crippen molar-refractivity contribution in [1.82, 2.24) is 10.6 Å². The first-order valence-corrected chi connectivity index (χ1v) is 11.7. The maximum absolute atomic E-state index is 6.52. The number of rotatable bonds is 8. The van der Waals surface area contributed by atoms with E-state index in [2.05, 4.69) is 87.7 Å². The second-order valence-electron chi connectivity index (χ2n) is 7.99. The molecule has 3 aromatic carbocycles. The summed E-state index contributed by atoms with van der Waals surface area (Å²) < 4.78 is 0. The fourth-order valence-electron chi connectivity index (χ4n) is 4.66. The van der Waals surface area contributed by atoms with Crippen LogP contribution in [0.15, 0.2) is 52.8 Å². The first-order chi connectivity index (χ1) is 14.9. The third-order valence-corrected chi connectivity index (χ3v) is 7.09. The molecule has 3 rings (SSSR count). The fourth-order valence-corrected chi connectivity index (χ4v) is 4.92. The van der Waals surface area contributed by atoms with Gasteiger partial charge in [-0.05, 0) is 83.3 Å². The summed E-state index contributed by atoms with van der Waals surface area (Å²) in [4.78, 5) is 0. The van der Waals surface area contributed by atoms with Gasteiger partial charge in [0.05, 0.1) is 0 Å². The molecule has 0 aliphatic heterocycles. The smallest absolute Gasteiger partial charge is 0.137 e. The van der Waals surface area contributed by atoms with E-state index in [9.17, 15) is 0 Å². The van der Waals surface area contributed by atoms with Crippen LogP contribution in [0.4, 0.5) is 0 Å². The predicted octanol–water partition coefficient (Wildman–Crippen LogP) is 7.37. The molecule has 0 aliphatic carbocycles. The highest BCUT2D eigenvalue weighted by molar-refractivity contribution is 6.38. The maximum atomic E-state index is 6.52. The van der Waals surface area contributed by atoms with Crippen molar-refractivity contribution in [2.75, 3.05) is 0 Å². The van der Waals surface area contributed by atoms with Crippen LogP contribution in [0.2, 0.25) is 0 Å². The predicted molar refractivity (Wildman–Crippen MR) is 136 cm³/mol. The summed E-state index contributed by atoms with van der Waals surface area (Å²) in [5.74, 6) is 0. The molecular weight excluding hydrogens is 423 g/mol. The Kier molecular flexibility index (Phi) is 7.91. The van der Waals surface area contributed by atoms with Crippen LogP contribution >= 0.6 is 23.2 Å². The van der Waals surface area contributed by atoms with Crippen molar-refractivity contribution in [1.29, 1.82) is 0 Å². The lowest BCUT2D eigenvalue weighted by atomic mass is 9.86. The molecule has 0 heterocycles. The molecule has 0 radical (unpaired) electrons. The minimum atomic E-state index is 0.434. The highest BCUT2D eigenvalue weighted by atomic mass is 35.5. The van der Waals surface area contributed by atoms with Crippen molar-refractivity contribution >= 4 is 34.0 Å². The monoisotopic (exact) mass is 454 g/mol. The largest absolute Gasteiger partial charge is 0.369 e. The Hall–Kier alpha value is -2.16. The Bertz CT molecular complexity index is 1080. The lowest BCUT2D eigenvalue weighted by Gasteiger charge is -2.22. The van der Waals surface area contributed by atoms with E-state index in [1.165, 1.54) is 49.7 Å². The summed E-state index contributed by atoms with van der Waals surface area (Å²) in [5, 5.41) is 9.90. The maximum Gasteiger partial charge on any atom is 0.137 e. The van der Waals surface area contributed by atoms with E-state index in [-0.39, 0.29) is 0 Å². The van der Waals surface area contributed by atoms with Gasteiger partial charge in [0.15, 0.2) is 0 Å². The van der Waals surface area contributed by atoms with Crippen LogP contribution in [-0.2, 0) is 25.9 Å². The van der Waals surface area contributed by atoms with Gasteiger partial charge in [0, 0.05) is 13.1 Å². The fraction of sp³-hybridized carbons (Fsp3) is 0.333. The summed E-state index contributed by atoms with van der Waals surface area (Å²) in [6, 6.07) is 14.6. The standard InChI is InChI=1S/C27H32Cl2N2/c1-6-22-17(3)23(7-2)19(5)25(18(22)4)16-31-27(29)26(28)30-15-21-13-10-12-20-11-8-9-14-24(20)21/h8-14,30-31H,6-7,15-16H2,1-5H3/b27-26-. The Balaban J connectivity index is 1.76. The molecule has 0 atom stereocenters. The van der Waals surface area contributed by atoms with Gasteiger partial charge in [0.2, 0.25) is 0 Å². The van der Waals surface area contributed by atoms with Crippen LogP contribution < -0.4 is 10.6 Å². The minimum absolute atomic E-state index is 0.434. The van der Waals surface area contributed by atoms with Gasteiger partial charge in [-0.25, -0.2) is 0 Å². The minimum Gasteiger partial charge on any atom is -0.369 e. The van der Waals surface area contributed by atoms with Gasteiger partial charge in [0.1, 0.15) is 10.3 Å². The van der Waals surface area contributed by atoms with Gasteiger partial charge < -0.3 is 10.6 Å². The van der Waals surface area contributed by atoms with Crippen molar-refractivity contribution in [2.45, 2.75) is 60.5 Å². The lowest BCUT2D eigenvalue weighted by molar-refractivity contribution is 0.790. The first-order valence-electron chi connectivity index (χ1n) is 11.0. The molecule has 164 valence electrons. The zero-order chi connectivity index (χ0) is 22.5. The van der Waals surface area contributed by atoms with Crippen LogP contribution in [0.25, 0.3) is 10.8 Å². The highest BCUT2D eigenvalue weighted by Crippen LogP contribution is 2.28. The molecule has 2 nitrogen and oxygen atoms in total. The Labute approximate surface area is 196 Å². The van der Waals surface area contributed by atoms with Crippen LogP contribution in [0.3, 0.4) is 0 Å². The third kappa shape index (κ3) is 5.02. The number of hydrogen-bond acceptors (Lipinski definition) is 2. The van der Waals surface area contributed by atoms with Gasteiger partial charge >= 0.3 is 0 Å². The van der Waals surface area contributed by atoms with E-state index in [1.807, 2.05) is 0 Å². The van der Waals surface area contributed by atoms with E-state index in [0.29, 0.717) is 23.4 Å². The number of nitrogens with one attached hydrogen (secondary N) is 2. The van der Waals surface area contributed by atoms with Gasteiger partial charge in [0.25, 0.3) is 0 Å². The molecule has 0 spiro atoms. The second kappa shape index (κ2) is 10.4. The first kappa shape index (κ1) is 23.5. The van der Waals surface area contributed by atoms with Crippen molar-refractivity contribution < 1.29 is 0 Å². The second-order valence-corrected chi connectivity index (χ2v) is 8.75. The Morgan fingerprint density at radius 2 is 1.19 bits per heavy atom. The quantitative estimate of drug-likeness (QED) is 0.347. The van der Waals surface area contributed by atoms with E-state index < -0.39 is 0 Å². The molecule has 0 amide bonds. The molecule has 0 aromatic heterocycles. The summed E-state index contributed by atoms with van der Waals surface area (Å²) in [6.07, 6.45) is 2.07. The molecule has 0 unspecified atom stereocenters. The van der Waals surface area contributed by atoms with E-state index >= 15 is 0 Å². The average molecular weight is 455 g/mol. The third-order valence-electron chi connectivity index (χ3n) is 6.35. The van der Waals surface area contributed by atoms with Crippen molar-refractivity contribution in [3.05, 3.63) is 91.7 Å². The van der Waals surface area contributed by atoms with Gasteiger partial charge in [-0.15, -0.1) is 0 Å². The molecule has 31 heavy (non-hydrogen) atoms. The summed E-state index contributed by atoms with van der Waals surface area (Å²) in [7, 11) is 0. The average Bonchev–Trinajstić information content (AvgIpc) is 2.77. The van der Waals surface area contributed by atoms with E-state index in [4.69, 9.17) is 23.2 Å². The van der Waals surface area contributed by atoms with Gasteiger partial charge in [-0.3, -0.25) is 0 Å². The Morgan fingerprint density at radius 1 is 0.677 bits per heavy atom. The molecule has 0 aliphatic rings. The topological polar surface area (TPSA) is 24.1 Å². The molecular formula is C27H32Cl2N2. The Morgan fingerprint density at radius 3 is 1.81 bits per heavy atom. The van der Waals surface area contributed by atoms with Crippen molar-refractivity contribution in [3.63, 3.8) is 0 Å². The molecule has 0 fully saturated rings. The number of hydrogen-bond donors (Lipinski definition) is 2. The number of benzene rings is 3. The van der Waals surface area contributed by atoms with E-state index in [1.54, 1.807) is 0 Å². The van der Waals surface area contributed by atoms with Crippen LogP contribution in [0, 0.1) is 20.8 Å². The number of fused-ring (bicyclic) bond motifs is 1. The van der Waals surface area contributed by atoms with Gasteiger partial charge in [-0.2, -0.15) is 0 Å². The zero-order valence-corrected chi connectivity index (χ0v) is 20.6. The normalized spacial score (nSPS) is 12.1. The molecule has 0 saturated carbocycles. The molecule has 3 aromatic rings. The number of halogens is 2. The SMILES string of the molecule is CCc1c(C)c(CC)c(C)c(CN/C(Cl)=C(/Cl)NCc2cccc3ccccc23)c1C. The van der Waals surface area contributed by atoms with Crippen LogP contribution in [0.5, 0.6) is 0 Å². The molecule has 0 saturated heterocycles. The van der Waals surface area contributed by atoms with Crippen LogP contribution in [0.1, 0.15) is 52.8 Å². The van der Waals surface area contributed by atoms with Crippen molar-refractivity contribution in [2.24, 2.45) is 0 Å². The van der Waals surface area contributed by atoms with Crippen LogP contribution in [-0.4, -0.2) is 0 Å². The summed E-state index contributed by atoms with van der Waals surface area (Å²) in [6.45, 7) is 12.4. The van der Waals surface area contributed by atoms with Gasteiger partial charge in [-0.1, -0.05) is 79.5 Å². The molecule has 4 heteroatoms. The lowest BCUT2D eigenvalue weighted by Crippen LogP contribution is -2.19. The molecule has 2 N–H and O–H groups in total. The summed E-state index contributed by atoms with van der Waals surface area (Å²) >= 11 is 13.0. The zero-order valence-electron chi connectivity index (χ0n) is 19.1.